The summed E-state index contributed by atoms with van der Waals surface area (Å²) >= 11 is 0. The molecule has 16 heavy (non-hydrogen) atoms. The van der Waals surface area contributed by atoms with Crippen LogP contribution in [0.1, 0.15) is 11.1 Å². The van der Waals surface area contributed by atoms with Crippen molar-refractivity contribution in [3.05, 3.63) is 59.7 Å². The molecule has 0 aliphatic carbocycles. The third-order valence-corrected chi connectivity index (χ3v) is 2.43. The van der Waals surface area contributed by atoms with Crippen molar-refractivity contribution < 1.29 is 5.11 Å². The Kier molecular flexibility index (Phi) is 3.10. The molecular formula is C14H15NO. The number of benzene rings is 2. The molecule has 0 aliphatic rings. The van der Waals surface area contributed by atoms with Crippen LogP contribution in [0.15, 0.2) is 48.5 Å². The van der Waals surface area contributed by atoms with Crippen molar-refractivity contribution in [2.24, 2.45) is 0 Å². The molecule has 0 fully saturated rings. The van der Waals surface area contributed by atoms with Crippen LogP contribution in [0.5, 0.6) is 5.75 Å². The third-order valence-electron chi connectivity index (χ3n) is 2.43. The molecule has 2 N–H and O–H groups in total. The van der Waals surface area contributed by atoms with Gasteiger partial charge in [0.25, 0.3) is 0 Å². The molecule has 0 saturated heterocycles. The summed E-state index contributed by atoms with van der Waals surface area (Å²) in [6, 6.07) is 15.5. The van der Waals surface area contributed by atoms with Crippen molar-refractivity contribution in [2.75, 3.05) is 5.32 Å². The Labute approximate surface area is 95.6 Å². The first-order valence-electron chi connectivity index (χ1n) is 5.32. The molecule has 0 aliphatic heterocycles. The van der Waals surface area contributed by atoms with Crippen molar-refractivity contribution in [3.8, 4) is 5.75 Å². The first-order valence-corrected chi connectivity index (χ1v) is 5.32. The molecule has 0 radical (unpaired) electrons. The smallest absolute Gasteiger partial charge is 0.117 e. The van der Waals surface area contributed by atoms with Crippen LogP contribution >= 0.6 is 0 Å². The number of phenols is 1. The molecule has 2 heteroatoms. The second-order valence-corrected chi connectivity index (χ2v) is 3.89. The van der Waals surface area contributed by atoms with E-state index in [4.69, 9.17) is 0 Å². The van der Waals surface area contributed by atoms with Gasteiger partial charge in [0.1, 0.15) is 5.75 Å². The fraction of sp³-hybridized carbons (Fsp3) is 0.143. The summed E-state index contributed by atoms with van der Waals surface area (Å²) in [5.41, 5.74) is 3.43. The summed E-state index contributed by atoms with van der Waals surface area (Å²) in [6.45, 7) is 2.85. The minimum atomic E-state index is 0.286. The van der Waals surface area contributed by atoms with Crippen molar-refractivity contribution in [1.82, 2.24) is 0 Å². The van der Waals surface area contributed by atoms with Gasteiger partial charge in [0.2, 0.25) is 0 Å². The maximum absolute atomic E-state index is 9.31. The summed E-state index contributed by atoms with van der Waals surface area (Å²) < 4.78 is 0. The Morgan fingerprint density at radius 3 is 2.62 bits per heavy atom. The highest BCUT2D eigenvalue weighted by Crippen LogP contribution is 2.16. The van der Waals surface area contributed by atoms with Crippen LogP contribution in [-0.2, 0) is 6.54 Å². The lowest BCUT2D eigenvalue weighted by atomic mass is 10.1. The Morgan fingerprint density at radius 2 is 1.88 bits per heavy atom. The molecule has 0 spiro atoms. The molecule has 0 bridgehead atoms. The summed E-state index contributed by atoms with van der Waals surface area (Å²) in [5, 5.41) is 12.6. The molecule has 0 aromatic heterocycles. The molecule has 0 amide bonds. The van der Waals surface area contributed by atoms with Crippen molar-refractivity contribution in [3.63, 3.8) is 0 Å². The minimum absolute atomic E-state index is 0.286. The third kappa shape index (κ3) is 2.76. The summed E-state index contributed by atoms with van der Waals surface area (Å²) in [4.78, 5) is 0. The number of rotatable bonds is 3. The molecule has 82 valence electrons. The van der Waals surface area contributed by atoms with Gasteiger partial charge in [-0.1, -0.05) is 35.9 Å². The van der Waals surface area contributed by atoms with Crippen LogP contribution in [0.4, 0.5) is 5.69 Å². The van der Waals surface area contributed by atoms with Crippen LogP contribution in [0.2, 0.25) is 0 Å². The Bertz CT molecular complexity index is 434. The van der Waals surface area contributed by atoms with Crippen LogP contribution in [-0.4, -0.2) is 5.11 Å². The summed E-state index contributed by atoms with van der Waals surface area (Å²) in [7, 11) is 0. The molecule has 0 saturated carbocycles. The summed E-state index contributed by atoms with van der Waals surface area (Å²) in [5.74, 6) is 0.286. The lowest BCUT2D eigenvalue weighted by Crippen LogP contribution is -1.99. The van der Waals surface area contributed by atoms with Gasteiger partial charge >= 0.3 is 0 Å². The zero-order chi connectivity index (χ0) is 11.4. The van der Waals surface area contributed by atoms with E-state index in [0.29, 0.717) is 0 Å². The van der Waals surface area contributed by atoms with Gasteiger partial charge in [-0.15, -0.1) is 0 Å². The molecule has 2 aromatic rings. The molecule has 2 aromatic carbocycles. The zero-order valence-corrected chi connectivity index (χ0v) is 9.27. The number of hydrogen-bond acceptors (Lipinski definition) is 2. The van der Waals surface area contributed by atoms with Crippen LogP contribution in [0.25, 0.3) is 0 Å². The van der Waals surface area contributed by atoms with Crippen LogP contribution in [0.3, 0.4) is 0 Å². The van der Waals surface area contributed by atoms with E-state index in [-0.39, 0.29) is 5.75 Å². The van der Waals surface area contributed by atoms with Gasteiger partial charge in [-0.3, -0.25) is 0 Å². The Morgan fingerprint density at radius 1 is 1.06 bits per heavy atom. The monoisotopic (exact) mass is 213 g/mol. The Hall–Kier alpha value is -1.96. The maximum atomic E-state index is 9.31. The predicted octanol–water partition coefficient (Wildman–Crippen LogP) is 3.31. The van der Waals surface area contributed by atoms with E-state index in [1.165, 1.54) is 11.1 Å². The molecule has 2 rings (SSSR count). The normalized spacial score (nSPS) is 10.1. The van der Waals surface area contributed by atoms with E-state index >= 15 is 0 Å². The van der Waals surface area contributed by atoms with E-state index in [2.05, 4.69) is 36.5 Å². The topological polar surface area (TPSA) is 32.3 Å². The molecule has 0 unspecified atom stereocenters. The first-order chi connectivity index (χ1) is 7.74. The quantitative estimate of drug-likeness (QED) is 0.819. The number of aryl methyl sites for hydroxylation is 1. The molecule has 0 atom stereocenters. The number of anilines is 1. The highest BCUT2D eigenvalue weighted by Gasteiger charge is 1.95. The second kappa shape index (κ2) is 4.71. The van der Waals surface area contributed by atoms with Crippen molar-refractivity contribution >= 4 is 5.69 Å². The van der Waals surface area contributed by atoms with Gasteiger partial charge in [-0.05, 0) is 24.6 Å². The average molecular weight is 213 g/mol. The maximum Gasteiger partial charge on any atom is 0.117 e. The highest BCUT2D eigenvalue weighted by atomic mass is 16.3. The lowest BCUT2D eigenvalue weighted by molar-refractivity contribution is 0.475. The standard InChI is InChI=1S/C14H15NO/c1-11-4-2-5-12(8-11)10-15-13-6-3-7-14(16)9-13/h2-9,15-16H,10H2,1H3. The van der Waals surface area contributed by atoms with Gasteiger partial charge in [0.05, 0.1) is 0 Å². The number of hydrogen-bond donors (Lipinski definition) is 2. The Balaban J connectivity index is 2.02. The fourth-order valence-electron chi connectivity index (χ4n) is 1.64. The van der Waals surface area contributed by atoms with Gasteiger partial charge in [0, 0.05) is 18.3 Å². The van der Waals surface area contributed by atoms with Gasteiger partial charge in [0.15, 0.2) is 0 Å². The fourth-order valence-corrected chi connectivity index (χ4v) is 1.64. The van der Waals surface area contributed by atoms with E-state index in [1.54, 1.807) is 12.1 Å². The number of phenolic OH excluding ortho intramolecular Hbond substituents is 1. The number of nitrogens with one attached hydrogen (secondary N) is 1. The average Bonchev–Trinajstić information content (AvgIpc) is 2.27. The molecule has 0 heterocycles. The first kappa shape index (κ1) is 10.6. The molecular weight excluding hydrogens is 198 g/mol. The van der Waals surface area contributed by atoms with E-state index in [0.717, 1.165) is 12.2 Å². The van der Waals surface area contributed by atoms with Gasteiger partial charge < -0.3 is 10.4 Å². The van der Waals surface area contributed by atoms with Crippen molar-refractivity contribution in [1.29, 1.82) is 0 Å². The number of aromatic hydroxyl groups is 1. The highest BCUT2D eigenvalue weighted by molar-refractivity contribution is 5.48. The zero-order valence-electron chi connectivity index (χ0n) is 9.27. The van der Waals surface area contributed by atoms with Gasteiger partial charge in [-0.2, -0.15) is 0 Å². The lowest BCUT2D eigenvalue weighted by Gasteiger charge is -2.07. The SMILES string of the molecule is Cc1cccc(CNc2cccc(O)c2)c1. The predicted molar refractivity (Wildman–Crippen MR) is 66.6 cm³/mol. The van der Waals surface area contributed by atoms with Crippen LogP contribution < -0.4 is 5.32 Å². The largest absolute Gasteiger partial charge is 0.508 e. The van der Waals surface area contributed by atoms with Gasteiger partial charge in [-0.25, -0.2) is 0 Å². The molecule has 2 nitrogen and oxygen atoms in total. The van der Waals surface area contributed by atoms with E-state index < -0.39 is 0 Å². The van der Waals surface area contributed by atoms with E-state index in [9.17, 15) is 5.11 Å². The summed E-state index contributed by atoms with van der Waals surface area (Å²) in [6.07, 6.45) is 0. The minimum Gasteiger partial charge on any atom is -0.508 e. The van der Waals surface area contributed by atoms with E-state index in [1.807, 2.05) is 12.1 Å². The van der Waals surface area contributed by atoms with Crippen molar-refractivity contribution in [2.45, 2.75) is 13.5 Å². The van der Waals surface area contributed by atoms with Crippen LogP contribution in [0, 0.1) is 6.92 Å². The second-order valence-electron chi connectivity index (χ2n) is 3.89.